The van der Waals surface area contributed by atoms with Crippen LogP contribution in [-0.4, -0.2) is 15.9 Å². The number of rotatable bonds is 6. The van der Waals surface area contributed by atoms with Crippen LogP contribution in [0.25, 0.3) is 0 Å². The van der Waals surface area contributed by atoms with E-state index < -0.39 is 23.6 Å². The molecule has 0 saturated heterocycles. The normalized spacial score (nSPS) is 11.5. The number of alkyl halides is 2. The fourth-order valence-electron chi connectivity index (χ4n) is 2.33. The Morgan fingerprint density at radius 2 is 2.14 bits per heavy atom. The molecule has 10 heteroatoms. The van der Waals surface area contributed by atoms with Gasteiger partial charge in [-0.15, -0.1) is 0 Å². The first kappa shape index (κ1) is 19.8. The highest BCUT2D eigenvalue weighted by molar-refractivity contribution is 6.30. The second kappa shape index (κ2) is 7.97. The largest absolute Gasteiger partial charge is 0.458 e. The van der Waals surface area contributed by atoms with Gasteiger partial charge in [0.15, 0.2) is 5.76 Å². The molecule has 0 radical (unpaired) electrons. The molecule has 2 aromatic heterocycles. The number of hydrogen-bond acceptors (Lipinski definition) is 4. The van der Waals surface area contributed by atoms with Gasteiger partial charge in [-0.25, -0.2) is 9.18 Å². The Morgan fingerprint density at radius 3 is 2.86 bits per heavy atom. The molecule has 28 heavy (non-hydrogen) atoms. The molecule has 1 amide bonds. The topological polar surface area (TPSA) is 69.3 Å². The summed E-state index contributed by atoms with van der Waals surface area (Å²) in [6, 6.07) is 7.00. The molecule has 2 heterocycles. The maximum Gasteiger partial charge on any atom is 0.412 e. The van der Waals surface area contributed by atoms with E-state index in [1.54, 1.807) is 6.07 Å². The average Bonchev–Trinajstić information content (AvgIpc) is 3.26. The number of carbonyl (C=O) groups excluding carboxylic acids is 1. The minimum absolute atomic E-state index is 0.0651. The van der Waals surface area contributed by atoms with Crippen LogP contribution in [0.3, 0.4) is 0 Å². The van der Waals surface area contributed by atoms with E-state index in [0.29, 0.717) is 5.69 Å². The highest BCUT2D eigenvalue weighted by atomic mass is 35.5. The number of amides is 1. The predicted molar refractivity (Wildman–Crippen MR) is 94.8 cm³/mol. The number of nitrogens with one attached hydrogen (secondary N) is 1. The molecule has 0 aliphatic heterocycles. The summed E-state index contributed by atoms with van der Waals surface area (Å²) in [5.74, 6) is -3.88. The minimum Gasteiger partial charge on any atom is -0.458 e. The van der Waals surface area contributed by atoms with E-state index >= 15 is 0 Å². The predicted octanol–water partition coefficient (Wildman–Crippen LogP) is 5.18. The van der Waals surface area contributed by atoms with Gasteiger partial charge in [0.05, 0.1) is 23.5 Å². The Morgan fingerprint density at radius 1 is 1.36 bits per heavy atom. The molecule has 148 valence electrons. The standard InChI is InChI=1S/C18H15ClF3N3O3/c1-18(21,22)15-6-5-13(28-15)9-25-8-12(7-23-25)24-17(26)27-10-11-3-2-4-14(19)16(11)20/h2-8H,9-10H2,1H3,(H,24,26). The second-order valence-corrected chi connectivity index (χ2v) is 6.40. The summed E-state index contributed by atoms with van der Waals surface area (Å²) < 4.78 is 51.5. The molecule has 3 rings (SSSR count). The lowest BCUT2D eigenvalue weighted by atomic mass is 10.2. The number of carbonyl (C=O) groups is 1. The van der Waals surface area contributed by atoms with Crippen LogP contribution in [0.1, 0.15) is 24.0 Å². The van der Waals surface area contributed by atoms with Crippen molar-refractivity contribution >= 4 is 23.4 Å². The van der Waals surface area contributed by atoms with Crippen LogP contribution in [0.4, 0.5) is 23.7 Å². The third kappa shape index (κ3) is 4.86. The molecular formula is C18H15ClF3N3O3. The van der Waals surface area contributed by atoms with Gasteiger partial charge < -0.3 is 9.15 Å². The number of ether oxygens (including phenoxy) is 1. The van der Waals surface area contributed by atoms with E-state index in [4.69, 9.17) is 20.8 Å². The zero-order valence-corrected chi connectivity index (χ0v) is 15.3. The summed E-state index contributed by atoms with van der Waals surface area (Å²) in [5, 5.41) is 6.37. The van der Waals surface area contributed by atoms with E-state index in [1.165, 1.54) is 41.3 Å². The molecule has 0 spiro atoms. The summed E-state index contributed by atoms with van der Waals surface area (Å²) in [7, 11) is 0. The molecule has 0 saturated carbocycles. The molecule has 3 aromatic rings. The number of hydrogen-bond donors (Lipinski definition) is 1. The van der Waals surface area contributed by atoms with Crippen molar-refractivity contribution in [2.24, 2.45) is 0 Å². The van der Waals surface area contributed by atoms with Crippen molar-refractivity contribution in [3.05, 3.63) is 70.6 Å². The first-order valence-electron chi connectivity index (χ1n) is 8.08. The molecule has 0 aliphatic rings. The SMILES string of the molecule is CC(F)(F)c1ccc(Cn2cc(NC(=O)OCc3cccc(Cl)c3F)cn2)o1. The second-order valence-electron chi connectivity index (χ2n) is 5.99. The number of nitrogens with zero attached hydrogens (tertiary/aromatic N) is 2. The van der Waals surface area contributed by atoms with Gasteiger partial charge in [-0.3, -0.25) is 10.00 Å². The average molecular weight is 414 g/mol. The molecule has 0 aliphatic carbocycles. The van der Waals surface area contributed by atoms with Crippen molar-refractivity contribution in [3.63, 3.8) is 0 Å². The number of benzene rings is 1. The quantitative estimate of drug-likeness (QED) is 0.604. The molecular weight excluding hydrogens is 399 g/mol. The summed E-state index contributed by atoms with van der Waals surface area (Å²) in [6.45, 7) is 0.541. The van der Waals surface area contributed by atoms with Crippen LogP contribution < -0.4 is 5.32 Å². The van der Waals surface area contributed by atoms with Crippen LogP contribution in [0, 0.1) is 5.82 Å². The van der Waals surface area contributed by atoms with Gasteiger partial charge in [0.2, 0.25) is 0 Å². The number of aromatic nitrogens is 2. The molecule has 0 bridgehead atoms. The lowest BCUT2D eigenvalue weighted by Gasteiger charge is -2.07. The van der Waals surface area contributed by atoms with E-state index in [9.17, 15) is 18.0 Å². The highest BCUT2D eigenvalue weighted by Gasteiger charge is 2.28. The zero-order valence-electron chi connectivity index (χ0n) is 14.6. The van der Waals surface area contributed by atoms with Crippen LogP contribution >= 0.6 is 11.6 Å². The fourth-order valence-corrected chi connectivity index (χ4v) is 2.52. The molecule has 6 nitrogen and oxygen atoms in total. The van der Waals surface area contributed by atoms with Crippen molar-refractivity contribution in [1.82, 2.24) is 9.78 Å². The van der Waals surface area contributed by atoms with Gasteiger partial charge in [-0.05, 0) is 18.2 Å². The third-order valence-corrected chi connectivity index (χ3v) is 3.97. The Labute approximate surface area is 162 Å². The Balaban J connectivity index is 1.54. The monoisotopic (exact) mass is 413 g/mol. The van der Waals surface area contributed by atoms with E-state index in [0.717, 1.165) is 6.92 Å². The van der Waals surface area contributed by atoms with Gasteiger partial charge in [-0.2, -0.15) is 13.9 Å². The van der Waals surface area contributed by atoms with E-state index in [1.807, 2.05) is 0 Å². The van der Waals surface area contributed by atoms with Crippen LogP contribution in [0.2, 0.25) is 5.02 Å². The molecule has 1 N–H and O–H groups in total. The van der Waals surface area contributed by atoms with E-state index in [2.05, 4.69) is 10.4 Å². The summed E-state index contributed by atoms with van der Waals surface area (Å²) in [5.41, 5.74) is 0.448. The number of anilines is 1. The maximum absolute atomic E-state index is 13.8. The Kier molecular flexibility index (Phi) is 5.64. The smallest absolute Gasteiger partial charge is 0.412 e. The fraction of sp³-hybridized carbons (Fsp3) is 0.222. The zero-order chi connectivity index (χ0) is 20.3. The minimum atomic E-state index is -3.07. The lowest BCUT2D eigenvalue weighted by molar-refractivity contribution is -0.00636. The number of halogens is 4. The first-order valence-corrected chi connectivity index (χ1v) is 8.46. The van der Waals surface area contributed by atoms with Crippen LogP contribution in [0.15, 0.2) is 47.1 Å². The van der Waals surface area contributed by atoms with Crippen molar-refractivity contribution < 1.29 is 27.1 Å². The van der Waals surface area contributed by atoms with Gasteiger partial charge in [0.25, 0.3) is 0 Å². The van der Waals surface area contributed by atoms with Crippen molar-refractivity contribution in [3.8, 4) is 0 Å². The molecule has 0 unspecified atom stereocenters. The van der Waals surface area contributed by atoms with Gasteiger partial charge in [0.1, 0.15) is 18.2 Å². The van der Waals surface area contributed by atoms with Crippen LogP contribution in [0.5, 0.6) is 0 Å². The van der Waals surface area contributed by atoms with Crippen molar-refractivity contribution in [2.45, 2.75) is 26.0 Å². The van der Waals surface area contributed by atoms with E-state index in [-0.39, 0.29) is 29.5 Å². The summed E-state index contributed by atoms with van der Waals surface area (Å²) in [6.07, 6.45) is 2.00. The van der Waals surface area contributed by atoms with Gasteiger partial charge >= 0.3 is 12.0 Å². The summed E-state index contributed by atoms with van der Waals surface area (Å²) in [4.78, 5) is 11.8. The Hall–Kier alpha value is -2.94. The Bertz CT molecular complexity index is 982. The lowest BCUT2D eigenvalue weighted by Crippen LogP contribution is -2.13. The van der Waals surface area contributed by atoms with Gasteiger partial charge in [-0.1, -0.05) is 23.7 Å². The first-order chi connectivity index (χ1) is 13.2. The third-order valence-electron chi connectivity index (χ3n) is 3.68. The maximum atomic E-state index is 13.8. The molecule has 0 fully saturated rings. The highest BCUT2D eigenvalue weighted by Crippen LogP contribution is 2.28. The van der Waals surface area contributed by atoms with Crippen molar-refractivity contribution in [2.75, 3.05) is 5.32 Å². The molecule has 1 aromatic carbocycles. The van der Waals surface area contributed by atoms with Crippen molar-refractivity contribution in [1.29, 1.82) is 0 Å². The summed E-state index contributed by atoms with van der Waals surface area (Å²) >= 11 is 5.66. The number of furan rings is 1. The van der Waals surface area contributed by atoms with Gasteiger partial charge in [0, 0.05) is 18.7 Å². The molecule has 0 atom stereocenters. The van der Waals surface area contributed by atoms with Crippen LogP contribution in [-0.2, 0) is 23.8 Å².